The van der Waals surface area contributed by atoms with Gasteiger partial charge >= 0.3 is 0 Å². The molecule has 3 rings (SSSR count). The summed E-state index contributed by atoms with van der Waals surface area (Å²) in [6.45, 7) is 2.00. The Hall–Kier alpha value is -2.23. The van der Waals surface area contributed by atoms with Crippen LogP contribution in [0.15, 0.2) is 48.8 Å². The fourth-order valence-electron chi connectivity index (χ4n) is 3.01. The summed E-state index contributed by atoms with van der Waals surface area (Å²) in [6, 6.07) is 11.4. The molecule has 0 aliphatic carbocycles. The van der Waals surface area contributed by atoms with Gasteiger partial charge in [-0.15, -0.1) is 0 Å². The van der Waals surface area contributed by atoms with E-state index in [1.807, 2.05) is 37.3 Å². The van der Waals surface area contributed by atoms with Crippen LogP contribution in [0, 0.1) is 5.82 Å². The van der Waals surface area contributed by atoms with Gasteiger partial charge in [0.1, 0.15) is 5.82 Å². The molecule has 1 aliphatic rings. The molecule has 1 aliphatic heterocycles. The van der Waals surface area contributed by atoms with Crippen molar-refractivity contribution in [1.29, 1.82) is 0 Å². The molecule has 0 bridgehead atoms. The summed E-state index contributed by atoms with van der Waals surface area (Å²) in [7, 11) is 0. The van der Waals surface area contributed by atoms with Crippen molar-refractivity contribution in [3.8, 4) is 0 Å². The highest BCUT2D eigenvalue weighted by Gasteiger charge is 2.44. The van der Waals surface area contributed by atoms with Crippen LogP contribution in [-0.4, -0.2) is 16.9 Å². The largest absolute Gasteiger partial charge is 0.352 e. The molecule has 2 aromatic rings. The van der Waals surface area contributed by atoms with Crippen LogP contribution < -0.4 is 5.32 Å². The van der Waals surface area contributed by atoms with Crippen molar-refractivity contribution in [2.24, 2.45) is 0 Å². The number of nitrogens with zero attached hydrogens (tertiary/aromatic N) is 1. The van der Waals surface area contributed by atoms with Gasteiger partial charge in [-0.3, -0.25) is 9.78 Å². The Bertz CT molecular complexity index is 659. The lowest BCUT2D eigenvalue weighted by Gasteiger charge is -2.30. The maximum atomic E-state index is 13.5. The smallest absolute Gasteiger partial charge is 0.221 e. The number of pyridine rings is 1. The molecule has 3 nitrogen and oxygen atoms in total. The maximum absolute atomic E-state index is 13.5. The van der Waals surface area contributed by atoms with E-state index in [0.29, 0.717) is 6.42 Å². The molecule has 1 amide bonds. The van der Waals surface area contributed by atoms with Crippen molar-refractivity contribution in [3.63, 3.8) is 0 Å². The Morgan fingerprint density at radius 2 is 2.10 bits per heavy atom. The number of amides is 1. The highest BCUT2D eigenvalue weighted by atomic mass is 19.1. The number of halogens is 1. The number of rotatable bonds is 3. The maximum Gasteiger partial charge on any atom is 0.221 e. The van der Waals surface area contributed by atoms with Crippen LogP contribution in [0.25, 0.3) is 0 Å². The van der Waals surface area contributed by atoms with E-state index in [0.717, 1.165) is 17.5 Å². The second-order valence-corrected chi connectivity index (χ2v) is 5.80. The summed E-state index contributed by atoms with van der Waals surface area (Å²) in [5.41, 5.74) is 1.48. The highest BCUT2D eigenvalue weighted by Crippen LogP contribution is 2.37. The first-order chi connectivity index (χ1) is 10.1. The van der Waals surface area contributed by atoms with Gasteiger partial charge in [-0.1, -0.05) is 37.3 Å². The lowest BCUT2D eigenvalue weighted by atomic mass is 9.74. The van der Waals surface area contributed by atoms with Crippen molar-refractivity contribution in [1.82, 2.24) is 10.3 Å². The minimum absolute atomic E-state index is 0.00249. The quantitative estimate of drug-likeness (QED) is 0.941. The van der Waals surface area contributed by atoms with Crippen molar-refractivity contribution < 1.29 is 9.18 Å². The fourth-order valence-corrected chi connectivity index (χ4v) is 3.01. The molecule has 0 saturated carbocycles. The van der Waals surface area contributed by atoms with E-state index in [1.54, 1.807) is 6.20 Å². The number of carbonyl (C=O) groups excluding carboxylic acids is 1. The summed E-state index contributed by atoms with van der Waals surface area (Å²) in [5, 5.41) is 3.02. The van der Waals surface area contributed by atoms with Gasteiger partial charge < -0.3 is 5.32 Å². The summed E-state index contributed by atoms with van der Waals surface area (Å²) < 4.78 is 13.5. The standard InChI is InChI=1S/C17H17FN2O/c1-17(13-8-14(18)11-19-10-13)9-16(21)20-15(17)7-12-5-3-2-4-6-12/h2-6,8,10-11,15H,7,9H2,1H3,(H,20,21). The summed E-state index contributed by atoms with van der Waals surface area (Å²) >= 11 is 0. The summed E-state index contributed by atoms with van der Waals surface area (Å²) in [6.07, 6.45) is 3.92. The molecular weight excluding hydrogens is 267 g/mol. The first-order valence-corrected chi connectivity index (χ1v) is 7.02. The Morgan fingerprint density at radius 3 is 2.81 bits per heavy atom. The van der Waals surface area contributed by atoms with Gasteiger partial charge in [-0.2, -0.15) is 0 Å². The zero-order valence-corrected chi connectivity index (χ0v) is 11.8. The van der Waals surface area contributed by atoms with E-state index in [9.17, 15) is 9.18 Å². The molecule has 2 atom stereocenters. The van der Waals surface area contributed by atoms with Gasteiger partial charge in [0.2, 0.25) is 5.91 Å². The Kier molecular flexibility index (Phi) is 3.45. The topological polar surface area (TPSA) is 42.0 Å². The lowest BCUT2D eigenvalue weighted by Crippen LogP contribution is -2.40. The predicted octanol–water partition coefficient (Wildman–Crippen LogP) is 2.61. The molecule has 2 heterocycles. The monoisotopic (exact) mass is 284 g/mol. The third-order valence-electron chi connectivity index (χ3n) is 4.28. The van der Waals surface area contributed by atoms with Gasteiger partial charge in [0.15, 0.2) is 0 Å². The van der Waals surface area contributed by atoms with Crippen molar-refractivity contribution >= 4 is 5.91 Å². The number of nitrogens with one attached hydrogen (secondary N) is 1. The molecule has 1 aromatic carbocycles. The average Bonchev–Trinajstić information content (AvgIpc) is 2.75. The van der Waals surface area contributed by atoms with Crippen LogP contribution in [0.3, 0.4) is 0 Å². The zero-order chi connectivity index (χ0) is 14.9. The summed E-state index contributed by atoms with van der Waals surface area (Å²) in [4.78, 5) is 15.8. The van der Waals surface area contributed by atoms with E-state index in [1.165, 1.54) is 12.3 Å². The Morgan fingerprint density at radius 1 is 1.33 bits per heavy atom. The van der Waals surface area contributed by atoms with Crippen molar-refractivity contribution in [2.45, 2.75) is 31.2 Å². The van der Waals surface area contributed by atoms with Crippen molar-refractivity contribution in [2.75, 3.05) is 0 Å². The molecular formula is C17H17FN2O. The molecule has 0 radical (unpaired) electrons. The third-order valence-corrected chi connectivity index (χ3v) is 4.28. The van der Waals surface area contributed by atoms with Crippen LogP contribution in [0.1, 0.15) is 24.5 Å². The van der Waals surface area contributed by atoms with E-state index < -0.39 is 5.41 Å². The number of carbonyl (C=O) groups is 1. The first kappa shape index (κ1) is 13.7. The van der Waals surface area contributed by atoms with Crippen LogP contribution in [0.5, 0.6) is 0 Å². The fraction of sp³-hybridized carbons (Fsp3) is 0.294. The molecule has 1 saturated heterocycles. The molecule has 0 spiro atoms. The zero-order valence-electron chi connectivity index (χ0n) is 11.8. The predicted molar refractivity (Wildman–Crippen MR) is 78.2 cm³/mol. The van der Waals surface area contributed by atoms with Crippen molar-refractivity contribution in [3.05, 3.63) is 65.7 Å². The minimum Gasteiger partial charge on any atom is -0.352 e. The van der Waals surface area contributed by atoms with Gasteiger partial charge in [-0.25, -0.2) is 4.39 Å². The molecule has 1 N–H and O–H groups in total. The Labute approximate surface area is 123 Å². The molecule has 1 aromatic heterocycles. The average molecular weight is 284 g/mol. The van der Waals surface area contributed by atoms with Gasteiger partial charge in [-0.05, 0) is 23.6 Å². The normalized spacial score (nSPS) is 24.9. The number of aromatic nitrogens is 1. The molecule has 2 unspecified atom stereocenters. The molecule has 1 fully saturated rings. The third kappa shape index (κ3) is 2.66. The van der Waals surface area contributed by atoms with Crippen LogP contribution >= 0.6 is 0 Å². The van der Waals surface area contributed by atoms with Gasteiger partial charge in [0, 0.05) is 24.1 Å². The van der Waals surface area contributed by atoms with Gasteiger partial charge in [0.05, 0.1) is 6.20 Å². The van der Waals surface area contributed by atoms with Crippen LogP contribution in [-0.2, 0) is 16.6 Å². The first-order valence-electron chi connectivity index (χ1n) is 7.02. The molecule has 4 heteroatoms. The van der Waals surface area contributed by atoms with Crippen LogP contribution in [0.4, 0.5) is 4.39 Å². The number of hydrogen-bond acceptors (Lipinski definition) is 2. The summed E-state index contributed by atoms with van der Waals surface area (Å²) in [5.74, 6) is -0.366. The van der Waals surface area contributed by atoms with E-state index in [2.05, 4.69) is 10.3 Å². The number of hydrogen-bond donors (Lipinski definition) is 1. The van der Waals surface area contributed by atoms with E-state index in [4.69, 9.17) is 0 Å². The van der Waals surface area contributed by atoms with E-state index in [-0.39, 0.29) is 17.8 Å². The minimum atomic E-state index is -0.442. The second-order valence-electron chi connectivity index (χ2n) is 5.80. The van der Waals surface area contributed by atoms with Crippen LogP contribution in [0.2, 0.25) is 0 Å². The Balaban J connectivity index is 1.93. The molecule has 108 valence electrons. The highest BCUT2D eigenvalue weighted by molar-refractivity contribution is 5.81. The SMILES string of the molecule is CC1(c2cncc(F)c2)CC(=O)NC1Cc1ccccc1. The second kappa shape index (κ2) is 5.28. The molecule has 21 heavy (non-hydrogen) atoms. The van der Waals surface area contributed by atoms with Gasteiger partial charge in [0.25, 0.3) is 0 Å². The number of benzene rings is 1. The van der Waals surface area contributed by atoms with E-state index >= 15 is 0 Å². The lowest BCUT2D eigenvalue weighted by molar-refractivity contribution is -0.119.